The van der Waals surface area contributed by atoms with E-state index in [9.17, 15) is 23.2 Å². The van der Waals surface area contributed by atoms with E-state index in [2.05, 4.69) is 5.32 Å². The van der Waals surface area contributed by atoms with Gasteiger partial charge in [-0.3, -0.25) is 19.7 Å². The first-order valence-corrected chi connectivity index (χ1v) is 7.06. The highest BCUT2D eigenvalue weighted by molar-refractivity contribution is 7.98. The molecule has 1 aromatic rings. The number of hydrogen-bond donors (Lipinski definition) is 1. The third-order valence-electron chi connectivity index (χ3n) is 2.91. The van der Waals surface area contributed by atoms with Crippen LogP contribution in [0.5, 0.6) is 0 Å². The lowest BCUT2D eigenvalue weighted by atomic mass is 10.2. The molecule has 21 heavy (non-hydrogen) atoms. The number of furan rings is 1. The van der Waals surface area contributed by atoms with Gasteiger partial charge in [0.2, 0.25) is 11.8 Å². The van der Waals surface area contributed by atoms with Crippen molar-refractivity contribution < 1.29 is 27.6 Å². The Kier molecular flexibility index (Phi) is 4.61. The number of rotatable bonds is 4. The van der Waals surface area contributed by atoms with Crippen molar-refractivity contribution >= 4 is 29.5 Å². The van der Waals surface area contributed by atoms with Crippen LogP contribution in [0.3, 0.4) is 0 Å². The number of carbonyl (C=O) groups is 3. The molecule has 2 heterocycles. The van der Waals surface area contributed by atoms with Gasteiger partial charge in [0, 0.05) is 0 Å². The molecule has 1 aliphatic rings. The summed E-state index contributed by atoms with van der Waals surface area (Å²) in [4.78, 5) is 36.1. The lowest BCUT2D eigenvalue weighted by Crippen LogP contribution is -2.58. The van der Waals surface area contributed by atoms with Crippen molar-refractivity contribution in [3.8, 4) is 0 Å². The second-order valence-electron chi connectivity index (χ2n) is 4.36. The Morgan fingerprint density at radius 1 is 1.52 bits per heavy atom. The molecule has 1 fully saturated rings. The van der Waals surface area contributed by atoms with Crippen LogP contribution in [0.2, 0.25) is 0 Å². The molecule has 0 saturated carbocycles. The monoisotopic (exact) mass is 318 g/mol. The quantitative estimate of drug-likeness (QED) is 0.845. The van der Waals surface area contributed by atoms with Gasteiger partial charge >= 0.3 is 0 Å². The van der Waals surface area contributed by atoms with Gasteiger partial charge in [-0.05, 0) is 19.1 Å². The van der Waals surface area contributed by atoms with Gasteiger partial charge in [0.25, 0.3) is 11.7 Å². The molecule has 1 atom stereocenters. The van der Waals surface area contributed by atoms with Gasteiger partial charge < -0.3 is 9.32 Å². The topological polar surface area (TPSA) is 79.6 Å². The summed E-state index contributed by atoms with van der Waals surface area (Å²) in [5.74, 6) is -4.24. The molecule has 0 radical (unpaired) electrons. The molecule has 114 valence electrons. The average Bonchev–Trinajstić information content (AvgIpc) is 2.88. The molecular formula is C12H12F2N2O4S. The molecule has 0 bridgehead atoms. The Hall–Kier alpha value is -1.90. The molecule has 0 aromatic carbocycles. The van der Waals surface area contributed by atoms with E-state index in [0.717, 1.165) is 4.90 Å². The summed E-state index contributed by atoms with van der Waals surface area (Å²) in [6.07, 6.45) is 0. The van der Waals surface area contributed by atoms with Crippen LogP contribution in [0.4, 0.5) is 8.78 Å². The molecular weight excluding hydrogens is 306 g/mol. The van der Waals surface area contributed by atoms with Crippen LogP contribution in [0, 0.1) is 0 Å². The fourth-order valence-corrected chi connectivity index (χ4v) is 2.26. The zero-order valence-electron chi connectivity index (χ0n) is 11.0. The Labute approximate surface area is 122 Å². The van der Waals surface area contributed by atoms with Gasteiger partial charge in [-0.15, -0.1) is 0 Å². The summed E-state index contributed by atoms with van der Waals surface area (Å²) >= 11 is 0.376. The van der Waals surface area contributed by atoms with Crippen LogP contribution in [-0.4, -0.2) is 41.0 Å². The zero-order chi connectivity index (χ0) is 15.6. The number of hydrogen-bond acceptors (Lipinski definition) is 5. The van der Waals surface area contributed by atoms with Gasteiger partial charge in [0.1, 0.15) is 18.3 Å². The van der Waals surface area contributed by atoms with Crippen LogP contribution >= 0.6 is 11.8 Å². The fourth-order valence-electron chi connectivity index (χ4n) is 1.82. The van der Waals surface area contributed by atoms with E-state index in [1.54, 1.807) is 0 Å². The minimum absolute atomic E-state index is 0.0695. The molecule has 9 heteroatoms. The van der Waals surface area contributed by atoms with Crippen molar-refractivity contribution in [3.63, 3.8) is 0 Å². The van der Waals surface area contributed by atoms with E-state index < -0.39 is 29.5 Å². The summed E-state index contributed by atoms with van der Waals surface area (Å²) in [5.41, 5.74) is 0. The van der Waals surface area contributed by atoms with Crippen molar-refractivity contribution in [2.75, 3.05) is 6.54 Å². The Morgan fingerprint density at radius 2 is 2.24 bits per heavy atom. The minimum atomic E-state index is -2.53. The van der Waals surface area contributed by atoms with Crippen molar-refractivity contribution in [3.05, 3.63) is 23.7 Å². The molecule has 1 aromatic heterocycles. The zero-order valence-corrected chi connectivity index (χ0v) is 11.8. The predicted octanol–water partition coefficient (Wildman–Crippen LogP) is 1.22. The molecule has 1 unspecified atom stereocenters. The molecule has 1 N–H and O–H groups in total. The highest BCUT2D eigenvalue weighted by Gasteiger charge is 2.35. The van der Waals surface area contributed by atoms with E-state index in [-0.39, 0.29) is 23.8 Å². The van der Waals surface area contributed by atoms with E-state index in [1.165, 1.54) is 19.1 Å². The maximum absolute atomic E-state index is 12.2. The molecule has 6 nitrogen and oxygen atoms in total. The van der Waals surface area contributed by atoms with Gasteiger partial charge in [0.15, 0.2) is 5.76 Å². The molecule has 1 aliphatic heterocycles. The van der Waals surface area contributed by atoms with Crippen molar-refractivity contribution in [1.82, 2.24) is 10.2 Å². The average molecular weight is 318 g/mol. The largest absolute Gasteiger partial charge is 0.455 e. The van der Waals surface area contributed by atoms with Gasteiger partial charge in [-0.25, -0.2) is 0 Å². The Bertz CT molecular complexity index is 575. The van der Waals surface area contributed by atoms with Crippen molar-refractivity contribution in [2.45, 2.75) is 24.5 Å². The normalized spacial score (nSPS) is 19.0. The first-order valence-electron chi connectivity index (χ1n) is 6.01. The number of carbonyl (C=O) groups excluding carboxylic acids is 3. The number of amides is 3. The number of alkyl halides is 2. The standard InChI is InChI=1S/C12H12F2N2O4S/c1-6-10(18)15-9(17)4-16(6)11(19)8-3-2-7(20-8)5-21-12(13)14/h2-3,6,12H,4-5H2,1H3,(H,15,17,18). The number of thioether (sulfide) groups is 1. The molecule has 0 spiro atoms. The summed E-state index contributed by atoms with van der Waals surface area (Å²) < 4.78 is 29.3. The van der Waals surface area contributed by atoms with Gasteiger partial charge in [0.05, 0.1) is 5.75 Å². The lowest BCUT2D eigenvalue weighted by Gasteiger charge is -2.30. The van der Waals surface area contributed by atoms with Crippen LogP contribution in [0.25, 0.3) is 0 Å². The van der Waals surface area contributed by atoms with E-state index >= 15 is 0 Å². The van der Waals surface area contributed by atoms with E-state index in [4.69, 9.17) is 4.42 Å². The van der Waals surface area contributed by atoms with Crippen molar-refractivity contribution in [2.24, 2.45) is 0 Å². The summed E-state index contributed by atoms with van der Waals surface area (Å²) in [6, 6.07) is 1.95. The minimum Gasteiger partial charge on any atom is -0.455 e. The number of piperazine rings is 1. The second-order valence-corrected chi connectivity index (χ2v) is 5.34. The molecule has 3 amide bonds. The molecule has 1 saturated heterocycles. The smallest absolute Gasteiger partial charge is 0.290 e. The first-order chi connectivity index (χ1) is 9.88. The molecule has 2 rings (SSSR count). The summed E-state index contributed by atoms with van der Waals surface area (Å²) in [6.45, 7) is 1.23. The lowest BCUT2D eigenvalue weighted by molar-refractivity contribution is -0.138. The maximum atomic E-state index is 12.2. The third-order valence-corrected chi connectivity index (χ3v) is 3.61. The maximum Gasteiger partial charge on any atom is 0.290 e. The van der Waals surface area contributed by atoms with Gasteiger partial charge in [-0.1, -0.05) is 11.8 Å². The van der Waals surface area contributed by atoms with Crippen LogP contribution in [-0.2, 0) is 15.3 Å². The summed E-state index contributed by atoms with van der Waals surface area (Å²) in [5, 5.41) is 2.11. The van der Waals surface area contributed by atoms with Crippen molar-refractivity contribution in [1.29, 1.82) is 0 Å². The van der Waals surface area contributed by atoms with Crippen LogP contribution in [0.1, 0.15) is 23.2 Å². The number of imide groups is 1. The highest BCUT2D eigenvalue weighted by Crippen LogP contribution is 2.22. The van der Waals surface area contributed by atoms with Crippen LogP contribution in [0.15, 0.2) is 16.5 Å². The van der Waals surface area contributed by atoms with E-state index in [1.807, 2.05) is 0 Å². The van der Waals surface area contributed by atoms with Crippen LogP contribution < -0.4 is 5.32 Å². The highest BCUT2D eigenvalue weighted by atomic mass is 32.2. The van der Waals surface area contributed by atoms with Gasteiger partial charge in [-0.2, -0.15) is 8.78 Å². The number of nitrogens with zero attached hydrogens (tertiary/aromatic N) is 1. The molecule has 0 aliphatic carbocycles. The Balaban J connectivity index is 2.09. The predicted molar refractivity (Wildman–Crippen MR) is 69.7 cm³/mol. The fraction of sp³-hybridized carbons (Fsp3) is 0.417. The Morgan fingerprint density at radius 3 is 2.90 bits per heavy atom. The number of nitrogens with one attached hydrogen (secondary N) is 1. The second kappa shape index (κ2) is 6.25. The number of halogens is 2. The SMILES string of the molecule is CC1C(=O)NC(=O)CN1C(=O)c1ccc(CSC(F)F)o1. The van der Waals surface area contributed by atoms with E-state index in [0.29, 0.717) is 11.8 Å². The summed E-state index contributed by atoms with van der Waals surface area (Å²) in [7, 11) is 0. The first kappa shape index (κ1) is 15.5. The third kappa shape index (κ3) is 3.60.